The summed E-state index contributed by atoms with van der Waals surface area (Å²) in [6.45, 7) is 2.43. The Morgan fingerprint density at radius 1 is 1.00 bits per heavy atom. The number of fused-ring (bicyclic) bond motifs is 2. The molecule has 25 heavy (non-hydrogen) atoms. The van der Waals surface area contributed by atoms with E-state index in [1.54, 1.807) is 0 Å². The predicted octanol–water partition coefficient (Wildman–Crippen LogP) is 3.72. The van der Waals surface area contributed by atoms with Gasteiger partial charge in [-0.15, -0.1) is 0 Å². The molecule has 1 aliphatic heterocycles. The van der Waals surface area contributed by atoms with Gasteiger partial charge in [-0.25, -0.2) is 0 Å². The Balaban J connectivity index is 1.72. The van der Waals surface area contributed by atoms with Gasteiger partial charge in [-0.05, 0) is 56.1 Å². The van der Waals surface area contributed by atoms with E-state index >= 15 is 0 Å². The van der Waals surface area contributed by atoms with Crippen molar-refractivity contribution >= 4 is 17.3 Å². The van der Waals surface area contributed by atoms with Crippen molar-refractivity contribution in [2.75, 3.05) is 31.6 Å². The van der Waals surface area contributed by atoms with E-state index in [1.165, 1.54) is 22.5 Å². The highest BCUT2D eigenvalue weighted by Crippen LogP contribution is 2.35. The van der Waals surface area contributed by atoms with E-state index in [4.69, 9.17) is 5.11 Å². The molecule has 1 N–H and O–H groups in total. The van der Waals surface area contributed by atoms with E-state index in [0.717, 1.165) is 32.4 Å². The number of benzene rings is 2. The Kier molecular flexibility index (Phi) is 5.71. The summed E-state index contributed by atoms with van der Waals surface area (Å²) in [6, 6.07) is 17.3. The van der Waals surface area contributed by atoms with Crippen molar-refractivity contribution in [3.63, 3.8) is 0 Å². The molecule has 2 aromatic carbocycles. The summed E-state index contributed by atoms with van der Waals surface area (Å²) in [5.74, 6) is -0.734. The van der Waals surface area contributed by atoms with Crippen LogP contribution in [0.2, 0.25) is 0 Å². The van der Waals surface area contributed by atoms with Crippen LogP contribution in [0.4, 0.5) is 11.4 Å². The first kappa shape index (κ1) is 17.5. The zero-order chi connectivity index (χ0) is 17.6. The number of carboxylic acid groups (broad SMARTS) is 1. The number of rotatable bonds is 7. The van der Waals surface area contributed by atoms with Crippen LogP contribution < -0.4 is 4.90 Å². The van der Waals surface area contributed by atoms with Crippen LogP contribution in [0.3, 0.4) is 0 Å². The lowest BCUT2D eigenvalue weighted by atomic mass is 10.0. The average molecular weight is 338 g/mol. The number of hydrogen-bond donors (Lipinski definition) is 1. The summed E-state index contributed by atoms with van der Waals surface area (Å²) >= 11 is 0. The topological polar surface area (TPSA) is 43.8 Å². The van der Waals surface area contributed by atoms with Crippen LogP contribution in [-0.2, 0) is 17.6 Å². The zero-order valence-corrected chi connectivity index (χ0v) is 14.8. The fourth-order valence-electron chi connectivity index (χ4n) is 3.51. The summed E-state index contributed by atoms with van der Waals surface area (Å²) in [7, 11) is 1.99. The number of para-hydroxylation sites is 2. The lowest BCUT2D eigenvalue weighted by molar-refractivity contribution is -0.137. The standard InChI is InChI=1S/C21H26N2O2/c1-22(16-13-21(24)25)14-6-15-23-19-9-4-2-7-17(19)11-12-18-8-3-5-10-20(18)23/h2-5,7-10H,6,11-16H2,1H3,(H,24,25). The maximum atomic E-state index is 10.7. The normalized spacial score (nSPS) is 13.3. The van der Waals surface area contributed by atoms with E-state index in [9.17, 15) is 4.79 Å². The summed E-state index contributed by atoms with van der Waals surface area (Å²) in [5.41, 5.74) is 5.41. The molecule has 0 radical (unpaired) electrons. The van der Waals surface area contributed by atoms with Crippen LogP contribution in [0.5, 0.6) is 0 Å². The highest BCUT2D eigenvalue weighted by molar-refractivity contribution is 5.71. The average Bonchev–Trinajstić information content (AvgIpc) is 2.78. The second-order valence-corrected chi connectivity index (χ2v) is 6.71. The molecule has 0 atom stereocenters. The monoisotopic (exact) mass is 338 g/mol. The molecule has 132 valence electrons. The molecule has 1 heterocycles. The van der Waals surface area contributed by atoms with E-state index in [-0.39, 0.29) is 6.42 Å². The van der Waals surface area contributed by atoms with Gasteiger partial charge in [0.1, 0.15) is 0 Å². The third-order valence-corrected chi connectivity index (χ3v) is 4.86. The second-order valence-electron chi connectivity index (χ2n) is 6.71. The molecule has 0 aliphatic carbocycles. The molecule has 0 unspecified atom stereocenters. The maximum Gasteiger partial charge on any atom is 0.304 e. The molecule has 3 rings (SSSR count). The summed E-state index contributed by atoms with van der Waals surface area (Å²) in [6.07, 6.45) is 3.34. The van der Waals surface area contributed by atoms with Gasteiger partial charge < -0.3 is 14.9 Å². The highest BCUT2D eigenvalue weighted by Gasteiger charge is 2.19. The minimum atomic E-state index is -0.734. The van der Waals surface area contributed by atoms with Crippen LogP contribution in [0.15, 0.2) is 48.5 Å². The number of nitrogens with zero attached hydrogens (tertiary/aromatic N) is 2. The van der Waals surface area contributed by atoms with Crippen molar-refractivity contribution in [3.8, 4) is 0 Å². The SMILES string of the molecule is CN(CCCN1c2ccccc2CCc2ccccc21)CCC(=O)O. The molecule has 0 aromatic heterocycles. The summed E-state index contributed by atoms with van der Waals surface area (Å²) in [4.78, 5) is 15.2. The zero-order valence-electron chi connectivity index (χ0n) is 14.8. The predicted molar refractivity (Wildman–Crippen MR) is 102 cm³/mol. The van der Waals surface area contributed by atoms with Crippen LogP contribution in [0, 0.1) is 0 Å². The van der Waals surface area contributed by atoms with Gasteiger partial charge in [0.25, 0.3) is 0 Å². The number of carboxylic acids is 1. The minimum absolute atomic E-state index is 0.200. The molecule has 0 amide bonds. The first-order chi connectivity index (χ1) is 12.1. The third-order valence-electron chi connectivity index (χ3n) is 4.86. The van der Waals surface area contributed by atoms with Crippen molar-refractivity contribution in [2.24, 2.45) is 0 Å². The number of hydrogen-bond acceptors (Lipinski definition) is 3. The molecule has 2 aromatic rings. The smallest absolute Gasteiger partial charge is 0.304 e. The van der Waals surface area contributed by atoms with Crippen molar-refractivity contribution < 1.29 is 9.90 Å². The molecular formula is C21H26N2O2. The van der Waals surface area contributed by atoms with Crippen molar-refractivity contribution in [3.05, 3.63) is 59.7 Å². The molecule has 4 heteroatoms. The molecule has 0 fully saturated rings. The number of carbonyl (C=O) groups is 1. The first-order valence-electron chi connectivity index (χ1n) is 8.99. The van der Waals surface area contributed by atoms with Gasteiger partial charge in [0.15, 0.2) is 0 Å². The molecule has 0 spiro atoms. The largest absolute Gasteiger partial charge is 0.481 e. The molecule has 0 saturated carbocycles. The molecule has 0 bridgehead atoms. The Hall–Kier alpha value is -2.33. The first-order valence-corrected chi connectivity index (χ1v) is 8.99. The van der Waals surface area contributed by atoms with Crippen LogP contribution in [0.1, 0.15) is 24.0 Å². The van der Waals surface area contributed by atoms with Gasteiger partial charge in [-0.1, -0.05) is 36.4 Å². The Morgan fingerprint density at radius 3 is 2.12 bits per heavy atom. The fraction of sp³-hybridized carbons (Fsp3) is 0.381. The van der Waals surface area contributed by atoms with Gasteiger partial charge >= 0.3 is 5.97 Å². The Labute approximate surface area is 149 Å². The minimum Gasteiger partial charge on any atom is -0.481 e. The van der Waals surface area contributed by atoms with E-state index in [1.807, 2.05) is 7.05 Å². The van der Waals surface area contributed by atoms with Crippen LogP contribution >= 0.6 is 0 Å². The number of aliphatic carboxylic acids is 1. The van der Waals surface area contributed by atoms with Crippen LogP contribution in [0.25, 0.3) is 0 Å². The van der Waals surface area contributed by atoms with Gasteiger partial charge in [0.2, 0.25) is 0 Å². The second kappa shape index (κ2) is 8.17. The lowest BCUT2D eigenvalue weighted by Crippen LogP contribution is -2.27. The summed E-state index contributed by atoms with van der Waals surface area (Å²) < 4.78 is 0. The van der Waals surface area contributed by atoms with Crippen molar-refractivity contribution in [2.45, 2.75) is 25.7 Å². The van der Waals surface area contributed by atoms with E-state index in [2.05, 4.69) is 58.3 Å². The van der Waals surface area contributed by atoms with Crippen molar-refractivity contribution in [1.29, 1.82) is 0 Å². The van der Waals surface area contributed by atoms with Gasteiger partial charge in [-0.2, -0.15) is 0 Å². The molecule has 4 nitrogen and oxygen atoms in total. The fourth-order valence-corrected chi connectivity index (χ4v) is 3.51. The maximum absolute atomic E-state index is 10.7. The molecule has 0 saturated heterocycles. The quantitative estimate of drug-likeness (QED) is 0.836. The number of anilines is 2. The van der Waals surface area contributed by atoms with Gasteiger partial charge in [0, 0.05) is 24.5 Å². The van der Waals surface area contributed by atoms with Crippen LogP contribution in [-0.4, -0.2) is 42.7 Å². The summed E-state index contributed by atoms with van der Waals surface area (Å²) in [5, 5.41) is 8.81. The third kappa shape index (κ3) is 4.40. The Bertz CT molecular complexity index is 682. The molecular weight excluding hydrogens is 312 g/mol. The van der Waals surface area contributed by atoms with E-state index in [0.29, 0.717) is 6.54 Å². The Morgan fingerprint density at radius 2 is 1.56 bits per heavy atom. The van der Waals surface area contributed by atoms with E-state index < -0.39 is 5.97 Å². The number of aryl methyl sites for hydroxylation is 2. The van der Waals surface area contributed by atoms with Gasteiger partial charge in [-0.3, -0.25) is 4.79 Å². The lowest BCUT2D eigenvalue weighted by Gasteiger charge is -2.28. The molecule has 1 aliphatic rings. The van der Waals surface area contributed by atoms with Gasteiger partial charge in [0.05, 0.1) is 6.42 Å². The highest BCUT2D eigenvalue weighted by atomic mass is 16.4. The van der Waals surface area contributed by atoms with Crippen molar-refractivity contribution in [1.82, 2.24) is 4.90 Å².